The predicted octanol–water partition coefficient (Wildman–Crippen LogP) is 4.10. The van der Waals surface area contributed by atoms with Gasteiger partial charge in [0, 0.05) is 24.1 Å². The zero-order valence-corrected chi connectivity index (χ0v) is 20.7. The van der Waals surface area contributed by atoms with Crippen molar-refractivity contribution in [1.82, 2.24) is 10.0 Å². The molecule has 0 aliphatic carbocycles. The van der Waals surface area contributed by atoms with E-state index in [4.69, 9.17) is 23.7 Å². The number of hydrogen-bond acceptors (Lipinski definition) is 9. The van der Waals surface area contributed by atoms with Crippen LogP contribution in [-0.2, 0) is 29.3 Å². The number of para-hydroxylation sites is 1. The van der Waals surface area contributed by atoms with Gasteiger partial charge in [0.25, 0.3) is 0 Å². The Balaban J connectivity index is 2.14. The van der Waals surface area contributed by atoms with E-state index in [-0.39, 0.29) is 19.4 Å². The van der Waals surface area contributed by atoms with Crippen LogP contribution in [0, 0.1) is 0 Å². The minimum Gasteiger partial charge on any atom is -0.496 e. The van der Waals surface area contributed by atoms with E-state index >= 15 is 0 Å². The third kappa shape index (κ3) is 4.49. The van der Waals surface area contributed by atoms with Gasteiger partial charge in [0.15, 0.2) is 0 Å². The highest BCUT2D eigenvalue weighted by molar-refractivity contribution is 5.90. The number of ether oxygens (including phenoxy) is 5. The Labute approximate surface area is 199 Å². The van der Waals surface area contributed by atoms with E-state index < -0.39 is 35.6 Å². The number of hydrogen-bond donors (Lipinski definition) is 0. The molecule has 3 rings (SSSR count). The number of fused-ring (bicyclic) bond motifs is 1. The Hall–Kier alpha value is -3.43. The molecule has 2 aliphatic heterocycles. The monoisotopic (exact) mass is 476 g/mol. The number of amides is 1. The third-order valence-corrected chi connectivity index (χ3v) is 5.74. The fraction of sp³-hybridized carbons (Fsp3) is 0.542. The van der Waals surface area contributed by atoms with E-state index in [0.29, 0.717) is 17.0 Å². The molecule has 1 saturated heterocycles. The molecule has 2 atom stereocenters. The highest BCUT2D eigenvalue weighted by atomic mass is 16.7. The number of methoxy groups -OCH3 is 2. The first-order valence-corrected chi connectivity index (χ1v) is 11.1. The molecule has 2 heterocycles. The van der Waals surface area contributed by atoms with Crippen LogP contribution in [0.25, 0.3) is 0 Å². The number of allylic oxidation sites excluding steroid dienone is 1. The average Bonchev–Trinajstić information content (AvgIpc) is 3.24. The van der Waals surface area contributed by atoms with Crippen LogP contribution in [0.4, 0.5) is 9.59 Å². The van der Waals surface area contributed by atoms with Crippen molar-refractivity contribution in [2.45, 2.75) is 64.8 Å². The second-order valence-electron chi connectivity index (χ2n) is 9.06. The quantitative estimate of drug-likeness (QED) is 0.459. The van der Waals surface area contributed by atoms with Crippen LogP contribution >= 0.6 is 0 Å². The Morgan fingerprint density at radius 1 is 1.15 bits per heavy atom. The van der Waals surface area contributed by atoms with Gasteiger partial charge < -0.3 is 23.7 Å². The van der Waals surface area contributed by atoms with E-state index in [2.05, 4.69) is 0 Å². The summed E-state index contributed by atoms with van der Waals surface area (Å²) in [6, 6.07) is 7.32. The lowest BCUT2D eigenvalue weighted by Crippen LogP contribution is -2.49. The fourth-order valence-corrected chi connectivity index (χ4v) is 4.53. The smallest absolute Gasteiger partial charge is 0.496 e. The molecule has 0 saturated carbocycles. The summed E-state index contributed by atoms with van der Waals surface area (Å²) in [5, 5.41) is 2.86. The number of rotatable bonds is 5. The van der Waals surface area contributed by atoms with Gasteiger partial charge in [-0.25, -0.2) is 14.4 Å². The molecule has 1 aromatic rings. The first-order chi connectivity index (χ1) is 16.0. The van der Waals surface area contributed by atoms with Crippen LogP contribution in [0.1, 0.15) is 53.0 Å². The molecular formula is C24H32N2O8. The molecule has 1 amide bonds. The van der Waals surface area contributed by atoms with Gasteiger partial charge in [-0.15, -0.1) is 0 Å². The molecule has 34 heavy (non-hydrogen) atoms. The summed E-state index contributed by atoms with van der Waals surface area (Å²) in [6.45, 7) is 8.80. The first kappa shape index (κ1) is 25.2. The maximum atomic E-state index is 13.0. The lowest BCUT2D eigenvalue weighted by atomic mass is 9.83. The second-order valence-corrected chi connectivity index (χ2v) is 9.06. The van der Waals surface area contributed by atoms with Crippen molar-refractivity contribution in [2.75, 3.05) is 20.8 Å². The third-order valence-electron chi connectivity index (χ3n) is 5.74. The predicted molar refractivity (Wildman–Crippen MR) is 120 cm³/mol. The van der Waals surface area contributed by atoms with Gasteiger partial charge in [0.05, 0.1) is 31.9 Å². The molecule has 0 aromatic heterocycles. The van der Waals surface area contributed by atoms with Gasteiger partial charge >= 0.3 is 18.2 Å². The minimum atomic E-state index is -1.05. The van der Waals surface area contributed by atoms with Crippen LogP contribution in [0.3, 0.4) is 0 Å². The lowest BCUT2D eigenvalue weighted by Gasteiger charge is -2.38. The molecule has 0 bridgehead atoms. The fourth-order valence-electron chi connectivity index (χ4n) is 4.53. The van der Waals surface area contributed by atoms with E-state index in [9.17, 15) is 14.4 Å². The lowest BCUT2D eigenvalue weighted by molar-refractivity contribution is -0.138. The normalized spacial score (nSPS) is 21.8. The molecule has 10 nitrogen and oxygen atoms in total. The Morgan fingerprint density at radius 3 is 2.41 bits per heavy atom. The molecule has 0 N–H and O–H groups in total. The largest absolute Gasteiger partial charge is 0.510 e. The molecule has 10 heteroatoms. The standard InChI is InChI=1S/C24H32N2O8/c1-8-32-20(27)16-13-24(17-11-9-10-12-18(17)30-6)14-19(33-22(29)34-23(3,4)5)25(21(28)31-7)26(24)15(16)2/h9-12,19H,8,13-14H2,1-7H3/t19-,24+/m1/s1. The molecule has 0 radical (unpaired) electrons. The van der Waals surface area contributed by atoms with Crippen LogP contribution in [0.5, 0.6) is 5.75 Å². The van der Waals surface area contributed by atoms with Gasteiger partial charge in [0.2, 0.25) is 6.23 Å². The zero-order chi connectivity index (χ0) is 25.3. The number of carbonyl (C=O) groups excluding carboxylic acids is 3. The number of carbonyl (C=O) groups is 3. The van der Waals surface area contributed by atoms with Gasteiger partial charge in [-0.2, -0.15) is 5.01 Å². The molecule has 0 unspecified atom stereocenters. The van der Waals surface area contributed by atoms with Gasteiger partial charge in [-0.1, -0.05) is 18.2 Å². The SMILES string of the molecule is CCOC(=O)C1=C(C)N2N(C(=O)OC)[C@H](OC(=O)OC(C)(C)C)C[C@]2(c2ccccc2OC)C1. The van der Waals surface area contributed by atoms with Crippen molar-refractivity contribution in [1.29, 1.82) is 0 Å². The molecule has 186 valence electrons. The Kier molecular flexibility index (Phi) is 6.99. The summed E-state index contributed by atoms with van der Waals surface area (Å²) in [4.78, 5) is 38.3. The minimum absolute atomic E-state index is 0.141. The van der Waals surface area contributed by atoms with Crippen molar-refractivity contribution in [2.24, 2.45) is 0 Å². The molecule has 2 aliphatic rings. The highest BCUT2D eigenvalue weighted by Crippen LogP contribution is 2.56. The molecule has 1 fully saturated rings. The van der Waals surface area contributed by atoms with Crippen molar-refractivity contribution in [3.63, 3.8) is 0 Å². The van der Waals surface area contributed by atoms with Crippen LogP contribution in [0.15, 0.2) is 35.5 Å². The van der Waals surface area contributed by atoms with Crippen molar-refractivity contribution < 1.29 is 38.1 Å². The summed E-state index contributed by atoms with van der Waals surface area (Å²) in [5.41, 5.74) is -0.128. The van der Waals surface area contributed by atoms with E-state index in [0.717, 1.165) is 5.56 Å². The van der Waals surface area contributed by atoms with Gasteiger partial charge in [-0.05, 0) is 40.7 Å². The maximum Gasteiger partial charge on any atom is 0.510 e. The van der Waals surface area contributed by atoms with E-state index in [1.165, 1.54) is 12.1 Å². The second kappa shape index (κ2) is 9.44. The summed E-state index contributed by atoms with van der Waals surface area (Å²) >= 11 is 0. The molecule has 1 aromatic carbocycles. The topological polar surface area (TPSA) is 104 Å². The number of nitrogens with zero attached hydrogens (tertiary/aromatic N) is 2. The van der Waals surface area contributed by atoms with Crippen LogP contribution in [0.2, 0.25) is 0 Å². The zero-order valence-electron chi connectivity index (χ0n) is 20.7. The summed E-state index contributed by atoms with van der Waals surface area (Å²) in [6.07, 6.45) is -2.38. The highest BCUT2D eigenvalue weighted by Gasteiger charge is 2.61. The number of hydrazine groups is 1. The number of benzene rings is 1. The Morgan fingerprint density at radius 2 is 1.82 bits per heavy atom. The van der Waals surface area contributed by atoms with Crippen molar-refractivity contribution in [3.05, 3.63) is 41.1 Å². The van der Waals surface area contributed by atoms with Gasteiger partial charge in [0.1, 0.15) is 11.4 Å². The average molecular weight is 477 g/mol. The van der Waals surface area contributed by atoms with E-state index in [1.807, 2.05) is 18.2 Å². The Bertz CT molecular complexity index is 999. The van der Waals surface area contributed by atoms with E-state index in [1.54, 1.807) is 52.8 Å². The number of esters is 1. The molecule has 0 spiro atoms. The first-order valence-electron chi connectivity index (χ1n) is 11.1. The summed E-state index contributed by atoms with van der Waals surface area (Å²) in [5.74, 6) is 0.0891. The van der Waals surface area contributed by atoms with Gasteiger partial charge in [-0.3, -0.25) is 5.01 Å². The summed E-state index contributed by atoms with van der Waals surface area (Å²) < 4.78 is 26.8. The molecular weight excluding hydrogens is 444 g/mol. The summed E-state index contributed by atoms with van der Waals surface area (Å²) in [7, 11) is 2.78. The van der Waals surface area contributed by atoms with Crippen molar-refractivity contribution in [3.8, 4) is 5.75 Å². The van der Waals surface area contributed by atoms with Crippen molar-refractivity contribution >= 4 is 18.2 Å². The van der Waals surface area contributed by atoms with Crippen LogP contribution in [-0.4, -0.2) is 60.9 Å². The maximum absolute atomic E-state index is 13.0. The van der Waals surface area contributed by atoms with Crippen LogP contribution < -0.4 is 4.74 Å².